The first-order valence-electron chi connectivity index (χ1n) is 38.2. The zero-order valence-electron chi connectivity index (χ0n) is 60.9. The highest BCUT2D eigenvalue weighted by Gasteiger charge is 2.30. The maximum Gasteiger partial charge on any atom is 0.472 e. The molecule has 0 aliphatic heterocycles. The van der Waals surface area contributed by atoms with Gasteiger partial charge in [-0.15, -0.1) is 0 Å². The Morgan fingerprint density at radius 1 is 0.330 bits per heavy atom. The monoisotopic (exact) mass is 1380 g/mol. The van der Waals surface area contributed by atoms with Gasteiger partial charge in [0, 0.05) is 25.7 Å². The van der Waals surface area contributed by atoms with E-state index in [1.54, 1.807) is 0 Å². The standard InChI is InChI=1S/C75H142O17P2/c1-8-9-10-11-12-13-14-15-16-19-24-29-34-42-49-56-72(77)85-62-70(91-75(80)59-52-45-36-31-26-21-23-28-33-40-47-54-67(4)5)64-89-93(81,82)87-60-69(76)61-88-94(83,84)90-65-71(63-86-73(78)57-50-43-38-37-41-48-55-68(6)7)92-74(79)58-51-44-35-30-25-20-17-18-22-27-32-39-46-53-66(2)3/h13-16,66-71,76H,8-12,17-65H2,1-7H3,(H,81,82)(H,83,84)/b14-13-,16-15-/t69-,70-,71-/m1/s1. The minimum Gasteiger partial charge on any atom is -0.462 e. The lowest BCUT2D eigenvalue weighted by atomic mass is 10.0. The molecule has 0 saturated carbocycles. The fourth-order valence-corrected chi connectivity index (χ4v) is 12.5. The summed E-state index contributed by atoms with van der Waals surface area (Å²) in [5.41, 5.74) is 0. The third-order valence-corrected chi connectivity index (χ3v) is 18.7. The number of phosphoric ester groups is 2. The predicted octanol–water partition coefficient (Wildman–Crippen LogP) is 21.3. The van der Waals surface area contributed by atoms with Gasteiger partial charge in [0.05, 0.1) is 26.4 Å². The molecule has 0 aliphatic rings. The molecule has 554 valence electrons. The van der Waals surface area contributed by atoms with E-state index in [0.717, 1.165) is 127 Å². The number of ether oxygens (including phenoxy) is 4. The van der Waals surface area contributed by atoms with Crippen molar-refractivity contribution in [3.05, 3.63) is 24.3 Å². The summed E-state index contributed by atoms with van der Waals surface area (Å²) in [7, 11) is -9.92. The summed E-state index contributed by atoms with van der Waals surface area (Å²) in [6.07, 6.45) is 53.6. The first kappa shape index (κ1) is 91.5. The van der Waals surface area contributed by atoms with Gasteiger partial charge in [-0.2, -0.15) is 0 Å². The van der Waals surface area contributed by atoms with E-state index in [9.17, 15) is 43.2 Å². The Labute approximate surface area is 573 Å². The van der Waals surface area contributed by atoms with Crippen LogP contribution in [0.5, 0.6) is 0 Å². The molecule has 0 aromatic rings. The molecule has 3 N–H and O–H groups in total. The van der Waals surface area contributed by atoms with Crippen molar-refractivity contribution in [2.45, 2.75) is 375 Å². The number of rotatable bonds is 71. The summed E-state index contributed by atoms with van der Waals surface area (Å²) in [6, 6.07) is 0. The minimum atomic E-state index is -4.96. The van der Waals surface area contributed by atoms with Gasteiger partial charge in [0.25, 0.3) is 0 Å². The van der Waals surface area contributed by atoms with E-state index in [1.807, 2.05) is 0 Å². The van der Waals surface area contributed by atoms with Crippen LogP contribution in [0.1, 0.15) is 357 Å². The van der Waals surface area contributed by atoms with Crippen LogP contribution in [0.3, 0.4) is 0 Å². The second-order valence-corrected chi connectivity index (χ2v) is 30.7. The van der Waals surface area contributed by atoms with Gasteiger partial charge >= 0.3 is 39.5 Å². The van der Waals surface area contributed by atoms with Crippen LogP contribution in [-0.4, -0.2) is 96.7 Å². The molecule has 0 fully saturated rings. The van der Waals surface area contributed by atoms with Crippen molar-refractivity contribution in [3.63, 3.8) is 0 Å². The van der Waals surface area contributed by atoms with Crippen LogP contribution in [0.2, 0.25) is 0 Å². The number of aliphatic hydroxyl groups is 1. The van der Waals surface area contributed by atoms with Gasteiger partial charge in [0.15, 0.2) is 12.2 Å². The number of carbonyl (C=O) groups excluding carboxylic acids is 4. The molecule has 0 saturated heterocycles. The largest absolute Gasteiger partial charge is 0.472 e. The third kappa shape index (κ3) is 68.1. The number of phosphoric acid groups is 2. The van der Waals surface area contributed by atoms with Crippen LogP contribution in [-0.2, 0) is 65.4 Å². The van der Waals surface area contributed by atoms with Gasteiger partial charge in [0.2, 0.25) is 0 Å². The van der Waals surface area contributed by atoms with Crippen LogP contribution in [0.4, 0.5) is 0 Å². The summed E-state index contributed by atoms with van der Waals surface area (Å²) in [4.78, 5) is 72.7. The first-order valence-corrected chi connectivity index (χ1v) is 41.2. The molecule has 0 spiro atoms. The molecule has 0 bridgehead atoms. The molecule has 5 atom stereocenters. The topological polar surface area (TPSA) is 237 Å². The Kier molecular flexibility index (Phi) is 63.5. The maximum atomic E-state index is 13.1. The smallest absolute Gasteiger partial charge is 0.462 e. The van der Waals surface area contributed by atoms with Crippen molar-refractivity contribution in [1.82, 2.24) is 0 Å². The summed E-state index contributed by atoms with van der Waals surface area (Å²) in [5.74, 6) is 0.0740. The molecular weight excluding hydrogens is 1230 g/mol. The number of unbranched alkanes of at least 4 members (excludes halogenated alkanes) is 36. The maximum absolute atomic E-state index is 13.1. The summed E-state index contributed by atoms with van der Waals surface area (Å²) < 4.78 is 68.4. The van der Waals surface area contributed by atoms with Crippen LogP contribution >= 0.6 is 15.6 Å². The van der Waals surface area contributed by atoms with Gasteiger partial charge in [-0.3, -0.25) is 37.3 Å². The average molecular weight is 1380 g/mol. The number of hydrogen-bond acceptors (Lipinski definition) is 15. The molecule has 0 rings (SSSR count). The van der Waals surface area contributed by atoms with E-state index < -0.39 is 97.5 Å². The van der Waals surface area contributed by atoms with Crippen LogP contribution in [0.25, 0.3) is 0 Å². The molecule has 0 heterocycles. The molecule has 17 nitrogen and oxygen atoms in total. The molecule has 0 radical (unpaired) electrons. The quantitative estimate of drug-likeness (QED) is 0.0169. The first-order chi connectivity index (χ1) is 45.2. The third-order valence-electron chi connectivity index (χ3n) is 16.8. The van der Waals surface area contributed by atoms with Crippen molar-refractivity contribution < 1.29 is 80.2 Å². The van der Waals surface area contributed by atoms with Gasteiger partial charge in [-0.1, -0.05) is 304 Å². The second kappa shape index (κ2) is 65.2. The normalized spacial score (nSPS) is 14.3. The lowest BCUT2D eigenvalue weighted by Crippen LogP contribution is -2.30. The van der Waals surface area contributed by atoms with Gasteiger partial charge in [-0.25, -0.2) is 9.13 Å². The summed E-state index contributed by atoms with van der Waals surface area (Å²) >= 11 is 0. The number of hydrogen-bond donors (Lipinski definition) is 3. The number of aliphatic hydroxyl groups excluding tert-OH is 1. The van der Waals surface area contributed by atoms with Crippen molar-refractivity contribution >= 4 is 39.5 Å². The number of esters is 4. The van der Waals surface area contributed by atoms with E-state index in [0.29, 0.717) is 31.6 Å². The lowest BCUT2D eigenvalue weighted by molar-refractivity contribution is -0.161. The van der Waals surface area contributed by atoms with E-state index in [2.05, 4.69) is 72.8 Å². The lowest BCUT2D eigenvalue weighted by Gasteiger charge is -2.21. The van der Waals surface area contributed by atoms with Crippen molar-refractivity contribution in [3.8, 4) is 0 Å². The van der Waals surface area contributed by atoms with Crippen molar-refractivity contribution in [2.24, 2.45) is 17.8 Å². The van der Waals surface area contributed by atoms with Gasteiger partial charge in [-0.05, 0) is 69.1 Å². The zero-order valence-corrected chi connectivity index (χ0v) is 62.7. The van der Waals surface area contributed by atoms with E-state index >= 15 is 0 Å². The van der Waals surface area contributed by atoms with Gasteiger partial charge < -0.3 is 33.8 Å². The molecule has 2 unspecified atom stereocenters. The fraction of sp³-hybridized carbons (Fsp3) is 0.893. The SMILES string of the molecule is CCCCCC/C=C\C=C/CCCCCCCC(=O)OC[C@H](COP(=O)(O)OC[C@@H](O)COP(=O)(O)OC[C@@H](COC(=O)CCCCCCCCC(C)C)OC(=O)CCCCCCCCCCCCCCCC(C)C)OC(=O)CCCCCCCCCCCCCC(C)C. The highest BCUT2D eigenvalue weighted by atomic mass is 31.2. The van der Waals surface area contributed by atoms with Crippen molar-refractivity contribution in [2.75, 3.05) is 39.6 Å². The Morgan fingerprint density at radius 3 is 0.862 bits per heavy atom. The fourth-order valence-electron chi connectivity index (χ4n) is 10.9. The Bertz CT molecular complexity index is 1930. The number of carbonyl (C=O) groups is 4. The number of allylic oxidation sites excluding steroid dienone is 4. The van der Waals surface area contributed by atoms with E-state index in [4.69, 9.17) is 37.0 Å². The Morgan fingerprint density at radius 2 is 0.574 bits per heavy atom. The Balaban J connectivity index is 5.27. The van der Waals surface area contributed by atoms with Crippen LogP contribution in [0.15, 0.2) is 24.3 Å². The van der Waals surface area contributed by atoms with Crippen molar-refractivity contribution in [1.29, 1.82) is 0 Å². The highest BCUT2D eigenvalue weighted by Crippen LogP contribution is 2.45. The molecule has 19 heteroatoms. The van der Waals surface area contributed by atoms with Crippen LogP contribution in [0, 0.1) is 17.8 Å². The highest BCUT2D eigenvalue weighted by molar-refractivity contribution is 7.47. The molecule has 0 aliphatic carbocycles. The predicted molar refractivity (Wildman–Crippen MR) is 381 cm³/mol. The minimum absolute atomic E-state index is 0.0991. The average Bonchev–Trinajstić information content (AvgIpc) is 1.18. The molecular formula is C75H142O17P2. The molecule has 94 heavy (non-hydrogen) atoms. The van der Waals surface area contributed by atoms with Gasteiger partial charge in [0.1, 0.15) is 19.3 Å². The molecule has 0 aromatic heterocycles. The molecule has 0 amide bonds. The second-order valence-electron chi connectivity index (χ2n) is 27.8. The Hall–Kier alpha value is -2.46. The molecule has 0 aromatic carbocycles. The van der Waals surface area contributed by atoms with Crippen LogP contribution < -0.4 is 0 Å². The zero-order chi connectivity index (χ0) is 69.4. The van der Waals surface area contributed by atoms with E-state index in [1.165, 1.54) is 141 Å². The summed E-state index contributed by atoms with van der Waals surface area (Å²) in [5, 5.41) is 10.6. The summed E-state index contributed by atoms with van der Waals surface area (Å²) in [6.45, 7) is 11.8. The van der Waals surface area contributed by atoms with E-state index in [-0.39, 0.29) is 25.7 Å².